The highest BCUT2D eigenvalue weighted by Gasteiger charge is 2.42. The van der Waals surface area contributed by atoms with E-state index >= 15 is 0 Å². The predicted molar refractivity (Wildman–Crippen MR) is 105 cm³/mol. The Hall–Kier alpha value is 0.354. The topological polar surface area (TPSA) is 72.5 Å². The predicted octanol–water partition coefficient (Wildman–Crippen LogP) is 0.407. The van der Waals surface area contributed by atoms with E-state index < -0.39 is 46.2 Å². The van der Waals surface area contributed by atoms with Crippen LogP contribution in [0.3, 0.4) is 0 Å². The van der Waals surface area contributed by atoms with Gasteiger partial charge in [-0.3, -0.25) is 4.79 Å². The molecule has 0 aromatic heterocycles. The first-order chi connectivity index (χ1) is 11.3. The van der Waals surface area contributed by atoms with Crippen molar-refractivity contribution in [1.29, 1.82) is 0 Å². The Morgan fingerprint density at radius 1 is 1.17 bits per heavy atom. The maximum absolute atomic E-state index is 12.2. The van der Waals surface area contributed by atoms with E-state index in [1.54, 1.807) is 7.11 Å². The standard InChI is InChI=1S/C12H32O7Si5/c1-11(12(13)15-8-7-9-20-14-2)10-24(6)18-22(4)16-21(3)17-23(5)19-24/h11,21-23H,7-10,20H2,1-6H3. The van der Waals surface area contributed by atoms with Gasteiger partial charge in [-0.1, -0.05) is 6.92 Å². The number of rotatable bonds is 8. The molecule has 142 valence electrons. The molecule has 24 heavy (non-hydrogen) atoms. The van der Waals surface area contributed by atoms with Crippen LogP contribution in [-0.4, -0.2) is 65.9 Å². The lowest BCUT2D eigenvalue weighted by molar-refractivity contribution is -0.147. The van der Waals surface area contributed by atoms with Gasteiger partial charge < -0.3 is 25.6 Å². The fourth-order valence-corrected chi connectivity index (χ4v) is 18.4. The molecule has 0 aromatic carbocycles. The van der Waals surface area contributed by atoms with Crippen molar-refractivity contribution in [2.75, 3.05) is 13.7 Å². The average Bonchev–Trinajstić information content (AvgIpc) is 2.44. The van der Waals surface area contributed by atoms with E-state index in [2.05, 4.69) is 0 Å². The van der Waals surface area contributed by atoms with E-state index in [4.69, 9.17) is 25.6 Å². The Morgan fingerprint density at radius 3 is 2.29 bits per heavy atom. The molecule has 1 fully saturated rings. The van der Waals surface area contributed by atoms with E-state index in [1.807, 2.05) is 33.1 Å². The second-order valence-electron chi connectivity index (χ2n) is 6.32. The number of esters is 1. The Kier molecular flexibility index (Phi) is 10.4. The molecule has 3 atom stereocenters. The van der Waals surface area contributed by atoms with Crippen LogP contribution in [0.5, 0.6) is 0 Å². The quantitative estimate of drug-likeness (QED) is 0.315. The highest BCUT2D eigenvalue weighted by molar-refractivity contribution is 6.81. The smallest absolute Gasteiger partial charge is 0.317 e. The minimum atomic E-state index is -2.48. The van der Waals surface area contributed by atoms with Crippen LogP contribution in [0.15, 0.2) is 0 Å². The zero-order valence-electron chi connectivity index (χ0n) is 15.7. The molecule has 3 unspecified atom stereocenters. The van der Waals surface area contributed by atoms with E-state index in [1.165, 1.54) is 0 Å². The summed E-state index contributed by atoms with van der Waals surface area (Å²) in [7, 11) is -6.35. The summed E-state index contributed by atoms with van der Waals surface area (Å²) in [5.41, 5.74) is 0. The van der Waals surface area contributed by atoms with Gasteiger partial charge in [-0.2, -0.15) is 0 Å². The normalized spacial score (nSPS) is 33.2. The van der Waals surface area contributed by atoms with Crippen molar-refractivity contribution in [3.8, 4) is 0 Å². The zero-order chi connectivity index (χ0) is 18.2. The van der Waals surface area contributed by atoms with Crippen LogP contribution in [-0.2, 0) is 30.4 Å². The van der Waals surface area contributed by atoms with Crippen molar-refractivity contribution in [3.05, 3.63) is 0 Å². The summed E-state index contributed by atoms with van der Waals surface area (Å²) in [4.78, 5) is 12.2. The summed E-state index contributed by atoms with van der Waals surface area (Å²) in [5, 5.41) is 0. The van der Waals surface area contributed by atoms with E-state index in [-0.39, 0.29) is 11.9 Å². The number of hydrogen-bond donors (Lipinski definition) is 0. The zero-order valence-corrected chi connectivity index (χ0v) is 21.6. The van der Waals surface area contributed by atoms with Crippen LogP contribution in [0, 0.1) is 5.92 Å². The highest BCUT2D eigenvalue weighted by Crippen LogP contribution is 2.25. The van der Waals surface area contributed by atoms with Gasteiger partial charge in [0.25, 0.3) is 27.9 Å². The van der Waals surface area contributed by atoms with Gasteiger partial charge in [0, 0.05) is 13.2 Å². The summed E-state index contributed by atoms with van der Waals surface area (Å²) in [6.45, 7) is 10.4. The SMILES string of the molecule is CO[SiH2]CCCOC(=O)C(C)C[Si]1(C)O[SiH](C)O[SiH](C)O[SiH](C)O1. The number of carbonyl (C=O) groups is 1. The summed E-state index contributed by atoms with van der Waals surface area (Å²) in [5.74, 6) is -0.414. The number of hydrogen-bond acceptors (Lipinski definition) is 7. The molecule has 7 nitrogen and oxygen atoms in total. The van der Waals surface area contributed by atoms with Crippen LogP contribution in [0.25, 0.3) is 0 Å². The van der Waals surface area contributed by atoms with Crippen molar-refractivity contribution in [2.24, 2.45) is 5.92 Å². The summed E-state index contributed by atoms with van der Waals surface area (Å²) >= 11 is 0. The lowest BCUT2D eigenvalue weighted by atomic mass is 10.2. The largest absolute Gasteiger partial charge is 0.465 e. The van der Waals surface area contributed by atoms with Crippen LogP contribution < -0.4 is 0 Å². The van der Waals surface area contributed by atoms with Crippen molar-refractivity contribution in [2.45, 2.75) is 51.6 Å². The Labute approximate surface area is 154 Å². The molecule has 12 heteroatoms. The fourth-order valence-electron chi connectivity index (χ4n) is 2.76. The van der Waals surface area contributed by atoms with Crippen molar-refractivity contribution in [1.82, 2.24) is 0 Å². The van der Waals surface area contributed by atoms with Gasteiger partial charge >= 0.3 is 14.5 Å². The molecule has 1 aliphatic rings. The molecule has 0 N–H and O–H groups in total. The molecular weight excluding hydrogens is 397 g/mol. The molecule has 0 radical (unpaired) electrons. The Balaban J connectivity index is 2.49. The van der Waals surface area contributed by atoms with E-state index in [0.717, 1.165) is 12.5 Å². The monoisotopic (exact) mass is 428 g/mol. The maximum atomic E-state index is 12.2. The van der Waals surface area contributed by atoms with Crippen LogP contribution in [0.1, 0.15) is 13.3 Å². The third kappa shape index (κ3) is 8.64. The molecule has 1 heterocycles. The summed E-state index contributed by atoms with van der Waals surface area (Å²) < 4.78 is 34.7. The van der Waals surface area contributed by atoms with Gasteiger partial charge in [0.05, 0.1) is 12.5 Å². The minimum Gasteiger partial charge on any atom is -0.465 e. The van der Waals surface area contributed by atoms with Crippen LogP contribution in [0.2, 0.25) is 38.3 Å². The third-order valence-corrected chi connectivity index (χ3v) is 19.0. The maximum Gasteiger partial charge on any atom is 0.317 e. The highest BCUT2D eigenvalue weighted by atomic mass is 28.5. The van der Waals surface area contributed by atoms with Gasteiger partial charge in [0.1, 0.15) is 0 Å². The lowest BCUT2D eigenvalue weighted by Gasteiger charge is -2.37. The van der Waals surface area contributed by atoms with Gasteiger partial charge in [-0.15, -0.1) is 0 Å². The first kappa shape index (κ1) is 22.4. The molecule has 0 saturated carbocycles. The van der Waals surface area contributed by atoms with Gasteiger partial charge in [-0.05, 0) is 38.7 Å². The molecule has 1 rings (SSSR count). The molecule has 0 aromatic rings. The average molecular weight is 429 g/mol. The molecular formula is C12H32O7Si5. The molecule has 1 saturated heterocycles. The minimum absolute atomic E-state index is 0.176. The summed E-state index contributed by atoms with van der Waals surface area (Å²) in [6, 6.07) is 1.61. The van der Waals surface area contributed by atoms with Gasteiger partial charge in [0.15, 0.2) is 9.76 Å². The Morgan fingerprint density at radius 2 is 1.75 bits per heavy atom. The van der Waals surface area contributed by atoms with Crippen LogP contribution in [0.4, 0.5) is 0 Å². The first-order valence-corrected chi connectivity index (χ1v) is 19.0. The number of carbonyl (C=O) groups excluding carboxylic acids is 1. The fraction of sp³-hybridized carbons (Fsp3) is 0.917. The van der Waals surface area contributed by atoms with Gasteiger partial charge in [-0.25, -0.2) is 0 Å². The first-order valence-electron chi connectivity index (χ1n) is 8.58. The second-order valence-corrected chi connectivity index (χ2v) is 18.2. The van der Waals surface area contributed by atoms with Gasteiger partial charge in [0.2, 0.25) is 0 Å². The lowest BCUT2D eigenvalue weighted by Crippen LogP contribution is -2.54. The second kappa shape index (κ2) is 11.1. The van der Waals surface area contributed by atoms with Crippen LogP contribution >= 0.6 is 0 Å². The Bertz CT molecular complexity index is 375. The number of ether oxygens (including phenoxy) is 1. The van der Waals surface area contributed by atoms with Crippen molar-refractivity contribution in [3.63, 3.8) is 0 Å². The third-order valence-electron chi connectivity index (χ3n) is 3.66. The van der Waals surface area contributed by atoms with Crippen molar-refractivity contribution < 1.29 is 30.4 Å². The molecule has 0 spiro atoms. The summed E-state index contributed by atoms with van der Waals surface area (Å²) in [6.07, 6.45) is 0.873. The van der Waals surface area contributed by atoms with E-state index in [0.29, 0.717) is 12.7 Å². The van der Waals surface area contributed by atoms with E-state index in [9.17, 15) is 4.79 Å². The molecule has 0 bridgehead atoms. The van der Waals surface area contributed by atoms with Crippen molar-refractivity contribution >= 4 is 52.1 Å². The molecule has 1 aliphatic heterocycles. The molecule has 0 amide bonds. The molecule has 0 aliphatic carbocycles.